The summed E-state index contributed by atoms with van der Waals surface area (Å²) in [5.74, 6) is -0.701. The Morgan fingerprint density at radius 2 is 1.87 bits per heavy atom. The zero-order chi connectivity index (χ0) is 22.8. The standard InChI is InChI=1S/C23H35N3O4S/c1-5-13-31(29,30)25-15-21(27)26(20-12-11-17(2)14-18(20)3)23(4,16-25)22(28)24-19-9-7-6-8-10-19/h11-12,14,19H,5-10,13,15-16H2,1-4H3,(H,24,28). The number of piperazine rings is 1. The summed E-state index contributed by atoms with van der Waals surface area (Å²) >= 11 is 0. The molecule has 31 heavy (non-hydrogen) atoms. The van der Waals surface area contributed by atoms with E-state index in [4.69, 9.17) is 0 Å². The maximum absolute atomic E-state index is 13.6. The molecule has 8 heteroatoms. The van der Waals surface area contributed by atoms with Gasteiger partial charge in [-0.15, -0.1) is 0 Å². The lowest BCUT2D eigenvalue weighted by Gasteiger charge is -2.47. The maximum atomic E-state index is 13.6. The van der Waals surface area contributed by atoms with Gasteiger partial charge < -0.3 is 5.32 Å². The molecule has 172 valence electrons. The molecule has 1 unspecified atom stereocenters. The van der Waals surface area contributed by atoms with Crippen molar-refractivity contribution in [3.63, 3.8) is 0 Å². The SMILES string of the molecule is CCCS(=O)(=O)N1CC(=O)N(c2ccc(C)cc2C)C(C)(C(=O)NC2CCCCC2)C1. The molecule has 1 aliphatic heterocycles. The van der Waals surface area contributed by atoms with Crippen LogP contribution in [0.25, 0.3) is 0 Å². The van der Waals surface area contributed by atoms with Crippen LogP contribution in [0.3, 0.4) is 0 Å². The number of amides is 2. The van der Waals surface area contributed by atoms with E-state index in [1.165, 1.54) is 15.6 Å². The first kappa shape index (κ1) is 23.7. The number of nitrogens with one attached hydrogen (secondary N) is 1. The molecule has 1 saturated carbocycles. The third-order valence-electron chi connectivity index (χ3n) is 6.42. The number of sulfonamides is 1. The predicted molar refractivity (Wildman–Crippen MR) is 122 cm³/mol. The maximum Gasteiger partial charge on any atom is 0.247 e. The van der Waals surface area contributed by atoms with Crippen LogP contribution in [-0.4, -0.2) is 55.0 Å². The number of hydrogen-bond acceptors (Lipinski definition) is 4. The largest absolute Gasteiger partial charge is 0.351 e. The van der Waals surface area contributed by atoms with E-state index in [0.29, 0.717) is 12.1 Å². The van der Waals surface area contributed by atoms with Crippen molar-refractivity contribution in [3.8, 4) is 0 Å². The molecule has 2 aliphatic rings. The fourth-order valence-electron chi connectivity index (χ4n) is 4.77. The van der Waals surface area contributed by atoms with Crippen molar-refractivity contribution in [1.82, 2.24) is 9.62 Å². The summed E-state index contributed by atoms with van der Waals surface area (Å²) in [6.07, 6.45) is 5.59. The lowest BCUT2D eigenvalue weighted by Crippen LogP contribution is -2.71. The first-order valence-electron chi connectivity index (χ1n) is 11.3. The fraction of sp³-hybridized carbons (Fsp3) is 0.652. The first-order chi connectivity index (χ1) is 14.6. The average molecular weight is 450 g/mol. The highest BCUT2D eigenvalue weighted by atomic mass is 32.2. The van der Waals surface area contributed by atoms with Crippen LogP contribution in [0.4, 0.5) is 5.69 Å². The summed E-state index contributed by atoms with van der Waals surface area (Å²) in [5.41, 5.74) is 1.28. The van der Waals surface area contributed by atoms with Crippen molar-refractivity contribution in [2.24, 2.45) is 0 Å². The zero-order valence-electron chi connectivity index (χ0n) is 19.1. The molecule has 1 aromatic carbocycles. The fourth-order valence-corrected chi connectivity index (χ4v) is 6.30. The molecule has 0 bridgehead atoms. The van der Waals surface area contributed by atoms with Crippen LogP contribution < -0.4 is 10.2 Å². The number of nitrogens with zero attached hydrogens (tertiary/aromatic N) is 2. The minimum absolute atomic E-state index is 0.0375. The number of anilines is 1. The molecule has 2 amide bonds. The van der Waals surface area contributed by atoms with E-state index in [1.54, 1.807) is 13.8 Å². The molecule has 0 radical (unpaired) electrons. The summed E-state index contributed by atoms with van der Waals surface area (Å²) in [7, 11) is -3.62. The number of benzene rings is 1. The monoisotopic (exact) mass is 449 g/mol. The van der Waals surface area contributed by atoms with Crippen molar-refractivity contribution < 1.29 is 18.0 Å². The quantitative estimate of drug-likeness (QED) is 0.723. The Morgan fingerprint density at radius 3 is 2.48 bits per heavy atom. The van der Waals surface area contributed by atoms with Gasteiger partial charge in [0.2, 0.25) is 21.8 Å². The molecule has 3 rings (SSSR count). The highest BCUT2D eigenvalue weighted by Crippen LogP contribution is 2.34. The normalized spacial score (nSPS) is 23.7. The van der Waals surface area contributed by atoms with Crippen LogP contribution in [0, 0.1) is 13.8 Å². The summed E-state index contributed by atoms with van der Waals surface area (Å²) in [4.78, 5) is 28.5. The predicted octanol–water partition coefficient (Wildman–Crippen LogP) is 2.90. The Hall–Kier alpha value is -1.93. The zero-order valence-corrected chi connectivity index (χ0v) is 19.9. The van der Waals surface area contributed by atoms with Gasteiger partial charge in [0, 0.05) is 18.3 Å². The van der Waals surface area contributed by atoms with Gasteiger partial charge in [0.1, 0.15) is 5.54 Å². The van der Waals surface area contributed by atoms with Gasteiger partial charge in [0.15, 0.2) is 0 Å². The van der Waals surface area contributed by atoms with Crippen LogP contribution in [0.15, 0.2) is 18.2 Å². The Labute approximate surface area is 186 Å². The Kier molecular flexibility index (Phi) is 7.11. The number of carbonyl (C=O) groups is 2. The van der Waals surface area contributed by atoms with E-state index in [9.17, 15) is 18.0 Å². The molecule has 2 fully saturated rings. The second-order valence-electron chi connectivity index (χ2n) is 9.19. The minimum Gasteiger partial charge on any atom is -0.351 e. The van der Waals surface area contributed by atoms with E-state index >= 15 is 0 Å². The number of hydrogen-bond donors (Lipinski definition) is 1. The Morgan fingerprint density at radius 1 is 1.19 bits per heavy atom. The molecule has 1 N–H and O–H groups in total. The molecular weight excluding hydrogens is 414 g/mol. The van der Waals surface area contributed by atoms with E-state index in [0.717, 1.165) is 36.8 Å². The van der Waals surface area contributed by atoms with Gasteiger partial charge in [-0.25, -0.2) is 8.42 Å². The molecule has 7 nitrogen and oxygen atoms in total. The highest BCUT2D eigenvalue weighted by molar-refractivity contribution is 7.89. The first-order valence-corrected chi connectivity index (χ1v) is 12.9. The van der Waals surface area contributed by atoms with Gasteiger partial charge in [-0.05, 0) is 51.7 Å². The van der Waals surface area contributed by atoms with Crippen molar-refractivity contribution in [2.45, 2.75) is 77.8 Å². The van der Waals surface area contributed by atoms with Crippen LogP contribution in [0.5, 0.6) is 0 Å². The highest BCUT2D eigenvalue weighted by Gasteiger charge is 2.51. The molecule has 0 aromatic heterocycles. The van der Waals surface area contributed by atoms with Crippen molar-refractivity contribution in [2.75, 3.05) is 23.7 Å². The third-order valence-corrected chi connectivity index (χ3v) is 8.39. The van der Waals surface area contributed by atoms with Gasteiger partial charge in [-0.1, -0.05) is 43.9 Å². The van der Waals surface area contributed by atoms with Crippen LogP contribution in [-0.2, 0) is 19.6 Å². The summed E-state index contributed by atoms with van der Waals surface area (Å²) in [6, 6.07) is 5.80. The minimum atomic E-state index is -3.62. The van der Waals surface area contributed by atoms with Gasteiger partial charge >= 0.3 is 0 Å². The van der Waals surface area contributed by atoms with Crippen LogP contribution in [0.1, 0.15) is 63.5 Å². The third kappa shape index (κ3) is 4.95. The van der Waals surface area contributed by atoms with Crippen molar-refractivity contribution >= 4 is 27.5 Å². The summed E-state index contributed by atoms with van der Waals surface area (Å²) in [6.45, 7) is 7.07. The molecule has 1 atom stereocenters. The van der Waals surface area contributed by atoms with Crippen molar-refractivity contribution in [1.29, 1.82) is 0 Å². The molecule has 1 aromatic rings. The topological polar surface area (TPSA) is 86.8 Å². The number of aryl methyl sites for hydroxylation is 2. The van der Waals surface area contributed by atoms with E-state index in [1.807, 2.05) is 32.0 Å². The molecule has 1 saturated heterocycles. The molecule has 1 aliphatic carbocycles. The Balaban J connectivity index is 2.01. The van der Waals surface area contributed by atoms with Crippen molar-refractivity contribution in [3.05, 3.63) is 29.3 Å². The van der Waals surface area contributed by atoms with Gasteiger partial charge in [0.05, 0.1) is 12.3 Å². The second kappa shape index (κ2) is 9.28. The molecular formula is C23H35N3O4S. The lowest BCUT2D eigenvalue weighted by molar-refractivity contribution is -0.133. The van der Waals surface area contributed by atoms with Gasteiger partial charge in [-0.2, -0.15) is 4.31 Å². The van der Waals surface area contributed by atoms with E-state index in [-0.39, 0.29) is 36.7 Å². The van der Waals surface area contributed by atoms with E-state index in [2.05, 4.69) is 5.32 Å². The number of rotatable bonds is 6. The smallest absolute Gasteiger partial charge is 0.247 e. The second-order valence-corrected chi connectivity index (χ2v) is 11.3. The van der Waals surface area contributed by atoms with Gasteiger partial charge in [-0.3, -0.25) is 14.5 Å². The molecule has 1 heterocycles. The van der Waals surface area contributed by atoms with Gasteiger partial charge in [0.25, 0.3) is 0 Å². The Bertz CT molecular complexity index is 940. The van der Waals surface area contributed by atoms with Crippen LogP contribution >= 0.6 is 0 Å². The lowest BCUT2D eigenvalue weighted by atomic mass is 9.90. The number of carbonyl (C=O) groups excluding carboxylic acids is 2. The summed E-state index contributed by atoms with van der Waals surface area (Å²) in [5, 5.41) is 3.13. The summed E-state index contributed by atoms with van der Waals surface area (Å²) < 4.78 is 26.8. The average Bonchev–Trinajstić information content (AvgIpc) is 2.69. The van der Waals surface area contributed by atoms with E-state index < -0.39 is 15.6 Å². The van der Waals surface area contributed by atoms with Crippen LogP contribution in [0.2, 0.25) is 0 Å². The molecule has 0 spiro atoms.